The Balaban J connectivity index is 1.23. The number of aromatic nitrogens is 2. The summed E-state index contributed by atoms with van der Waals surface area (Å²) in [6.07, 6.45) is 4.17. The largest absolute Gasteiger partial charge is 0.490 e. The number of carboxylic acids is 1. The van der Waals surface area contributed by atoms with Gasteiger partial charge in [-0.1, -0.05) is 41.4 Å². The van der Waals surface area contributed by atoms with Crippen molar-refractivity contribution in [1.29, 1.82) is 0 Å². The molecule has 0 fully saturated rings. The van der Waals surface area contributed by atoms with Crippen molar-refractivity contribution >= 4 is 58.6 Å². The van der Waals surface area contributed by atoms with Crippen LogP contribution in [0.3, 0.4) is 0 Å². The number of hydrogen-bond donors (Lipinski definition) is 2. The summed E-state index contributed by atoms with van der Waals surface area (Å²) in [5.74, 6) is -0.214. The molecule has 5 rings (SSSR count). The van der Waals surface area contributed by atoms with Gasteiger partial charge in [0.2, 0.25) is 0 Å². The van der Waals surface area contributed by atoms with E-state index in [9.17, 15) is 19.5 Å². The van der Waals surface area contributed by atoms with Gasteiger partial charge in [0.25, 0.3) is 5.91 Å². The summed E-state index contributed by atoms with van der Waals surface area (Å²) in [5.41, 5.74) is 4.32. The monoisotopic (exact) mass is 754 g/mol. The minimum atomic E-state index is -1.07. The van der Waals surface area contributed by atoms with Gasteiger partial charge >= 0.3 is 12.1 Å². The van der Waals surface area contributed by atoms with Gasteiger partial charge in [-0.3, -0.25) is 14.4 Å². The van der Waals surface area contributed by atoms with E-state index in [1.54, 1.807) is 51.8 Å². The molecule has 51 heavy (non-hydrogen) atoms. The summed E-state index contributed by atoms with van der Waals surface area (Å²) in [6.45, 7) is 3.71. The quantitative estimate of drug-likeness (QED) is 0.104. The van der Waals surface area contributed by atoms with Crippen molar-refractivity contribution < 1.29 is 33.4 Å². The Morgan fingerprint density at radius 2 is 1.84 bits per heavy atom. The zero-order chi connectivity index (χ0) is 36.7. The molecule has 0 bridgehead atoms. The lowest BCUT2D eigenvalue weighted by molar-refractivity contribution is -0.870. The van der Waals surface area contributed by atoms with Crippen molar-refractivity contribution in [1.82, 2.24) is 15.1 Å². The number of ether oxygens (including phenoxy) is 2. The summed E-state index contributed by atoms with van der Waals surface area (Å²) in [4.78, 5) is 40.7. The number of fused-ring (bicyclic) bond motifs is 1. The molecule has 1 aliphatic rings. The van der Waals surface area contributed by atoms with Crippen molar-refractivity contribution in [3.8, 4) is 16.9 Å². The Morgan fingerprint density at radius 1 is 1.06 bits per heavy atom. The number of carbonyl (C=O) groups excluding carboxylic acids is 2. The molecule has 2 heterocycles. The predicted octanol–water partition coefficient (Wildman–Crippen LogP) is 7.01. The first-order chi connectivity index (χ1) is 24.3. The van der Waals surface area contributed by atoms with E-state index in [1.165, 1.54) is 0 Å². The molecule has 2 amide bonds. The number of benzene rings is 3. The number of quaternary nitrogens is 1. The Labute approximate surface area is 312 Å². The van der Waals surface area contributed by atoms with Crippen LogP contribution in [0.1, 0.15) is 34.3 Å². The predicted molar refractivity (Wildman–Crippen MR) is 200 cm³/mol. The van der Waals surface area contributed by atoms with Crippen LogP contribution in [0.2, 0.25) is 10.0 Å². The van der Waals surface area contributed by atoms with Crippen molar-refractivity contribution in [2.75, 3.05) is 58.1 Å². The molecule has 0 radical (unpaired) electrons. The highest BCUT2D eigenvalue weighted by atomic mass is 35.5. The van der Waals surface area contributed by atoms with E-state index in [0.717, 1.165) is 33.8 Å². The van der Waals surface area contributed by atoms with E-state index in [-0.39, 0.29) is 19.8 Å². The second kappa shape index (κ2) is 16.9. The maximum atomic E-state index is 13.2. The second-order valence-corrected chi connectivity index (χ2v) is 15.2. The number of carbonyl (C=O) groups is 3. The summed E-state index contributed by atoms with van der Waals surface area (Å²) in [6, 6.07) is 15.1. The average Bonchev–Trinajstić information content (AvgIpc) is 3.55. The highest BCUT2D eigenvalue weighted by molar-refractivity contribution is 7.99. The molecule has 0 aliphatic carbocycles. The van der Waals surface area contributed by atoms with Crippen molar-refractivity contribution in [3.05, 3.63) is 93.7 Å². The molecule has 1 atom stereocenters. The molecule has 2 N–H and O–H groups in total. The first-order valence-electron chi connectivity index (χ1n) is 16.5. The van der Waals surface area contributed by atoms with Crippen LogP contribution >= 0.6 is 35.0 Å². The van der Waals surface area contributed by atoms with Gasteiger partial charge in [0, 0.05) is 55.7 Å². The molecule has 0 spiro atoms. The van der Waals surface area contributed by atoms with Gasteiger partial charge in [0.05, 0.1) is 46.1 Å². The number of aliphatic carboxylic acids is 1. The fourth-order valence-electron chi connectivity index (χ4n) is 5.64. The third-order valence-corrected chi connectivity index (χ3v) is 10.2. The molecule has 0 saturated heterocycles. The minimum Gasteiger partial charge on any atom is -0.490 e. The van der Waals surface area contributed by atoms with E-state index in [0.29, 0.717) is 56.5 Å². The minimum absolute atomic E-state index is 0.0820. The number of nitrogens with one attached hydrogen (secondary N) is 1. The van der Waals surface area contributed by atoms with Crippen LogP contribution in [0.5, 0.6) is 5.75 Å². The maximum absolute atomic E-state index is 13.2. The Bertz CT molecular complexity index is 1900. The third-order valence-electron chi connectivity index (χ3n) is 8.36. The normalized spacial score (nSPS) is 13.3. The number of thioether (sulfide) groups is 1. The van der Waals surface area contributed by atoms with Crippen LogP contribution in [0.25, 0.3) is 11.1 Å². The molecule has 14 heteroatoms. The van der Waals surface area contributed by atoms with E-state index in [4.69, 9.17) is 32.7 Å². The van der Waals surface area contributed by atoms with Gasteiger partial charge < -0.3 is 24.4 Å². The van der Waals surface area contributed by atoms with Crippen molar-refractivity contribution in [3.63, 3.8) is 0 Å². The smallest absolute Gasteiger partial charge is 0.414 e. The fourth-order valence-corrected chi connectivity index (χ4v) is 7.13. The first kappa shape index (κ1) is 38.0. The number of carboxylic acid groups (broad SMARTS) is 1. The van der Waals surface area contributed by atoms with Crippen LogP contribution in [0, 0.1) is 6.92 Å². The van der Waals surface area contributed by atoms with Crippen LogP contribution in [0.15, 0.2) is 71.9 Å². The molecular formula is C37H42Cl2N5O6S+. The molecule has 11 nitrogen and oxygen atoms in total. The highest BCUT2D eigenvalue weighted by Gasteiger charge is 2.27. The third kappa shape index (κ3) is 9.97. The molecule has 3 aromatic carbocycles. The summed E-state index contributed by atoms with van der Waals surface area (Å²) < 4.78 is 13.8. The van der Waals surface area contributed by atoms with E-state index in [2.05, 4.69) is 10.4 Å². The van der Waals surface area contributed by atoms with Crippen molar-refractivity contribution in [2.24, 2.45) is 0 Å². The lowest BCUT2D eigenvalue weighted by Gasteiger charge is -2.29. The Kier molecular flexibility index (Phi) is 12.6. The number of hydrogen-bond acceptors (Lipinski definition) is 7. The molecule has 1 unspecified atom stereocenters. The van der Waals surface area contributed by atoms with Crippen molar-refractivity contribution in [2.45, 2.75) is 37.2 Å². The SMILES string of the molecule is Cc1c(Cl)cccc1OCCOC(=O)N1CCSc2c(-c3cnn(Cc4cc(C(=O)NC(CCC[N+](C)(C)C)C(=O)O)ccc4Cl)c3)cccc21. The van der Waals surface area contributed by atoms with E-state index < -0.39 is 24.0 Å². The molecular weight excluding hydrogens is 713 g/mol. The number of halogens is 2. The highest BCUT2D eigenvalue weighted by Crippen LogP contribution is 2.42. The standard InChI is InChI=1S/C37H41Cl2N5O6S/c1-24-29(38)9-6-12-33(24)49-17-18-50-37(48)43-15-19-51-34-28(8-5-11-32(34)43)27-21-40-42(23-27)22-26-20-25(13-14-30(26)39)35(45)41-31(36(46)47)10-7-16-44(2,3)4/h5-6,8-9,11-14,20-21,23,31H,7,10,15-19,22H2,1-4H3,(H-,41,45,46,47)/p+1. The number of amides is 2. The lowest BCUT2D eigenvalue weighted by atomic mass is 10.1. The number of rotatable bonds is 14. The molecule has 270 valence electrons. The maximum Gasteiger partial charge on any atom is 0.414 e. The summed E-state index contributed by atoms with van der Waals surface area (Å²) in [5, 5.41) is 18.0. The zero-order valence-electron chi connectivity index (χ0n) is 29.0. The number of anilines is 1. The van der Waals surface area contributed by atoms with Gasteiger partial charge in [0.1, 0.15) is 25.0 Å². The van der Waals surface area contributed by atoms with Crippen LogP contribution < -0.4 is 15.0 Å². The summed E-state index contributed by atoms with van der Waals surface area (Å²) in [7, 11) is 6.11. The first-order valence-corrected chi connectivity index (χ1v) is 18.3. The van der Waals surface area contributed by atoms with E-state index >= 15 is 0 Å². The fraction of sp³-hybridized carbons (Fsp3) is 0.351. The van der Waals surface area contributed by atoms with Crippen LogP contribution in [-0.2, 0) is 16.1 Å². The molecule has 4 aromatic rings. The molecule has 1 aliphatic heterocycles. The Morgan fingerprint density at radius 3 is 2.61 bits per heavy atom. The Hall–Kier alpha value is -4.23. The van der Waals surface area contributed by atoms with Crippen LogP contribution in [-0.4, -0.2) is 96.6 Å². The number of nitrogens with zero attached hydrogens (tertiary/aromatic N) is 4. The molecule has 0 saturated carbocycles. The van der Waals surface area contributed by atoms with Gasteiger partial charge in [-0.05, 0) is 61.7 Å². The molecule has 1 aromatic heterocycles. The average molecular weight is 756 g/mol. The summed E-state index contributed by atoms with van der Waals surface area (Å²) >= 11 is 14.4. The van der Waals surface area contributed by atoms with Crippen LogP contribution in [0.4, 0.5) is 10.5 Å². The van der Waals surface area contributed by atoms with Gasteiger partial charge in [-0.25, -0.2) is 9.59 Å². The topological polar surface area (TPSA) is 123 Å². The van der Waals surface area contributed by atoms with E-state index in [1.807, 2.05) is 64.6 Å². The van der Waals surface area contributed by atoms with Gasteiger partial charge in [-0.15, -0.1) is 11.8 Å². The second-order valence-electron chi connectivity index (χ2n) is 13.2. The van der Waals surface area contributed by atoms with Gasteiger partial charge in [-0.2, -0.15) is 5.10 Å². The van der Waals surface area contributed by atoms with Gasteiger partial charge in [0.15, 0.2) is 0 Å². The lowest BCUT2D eigenvalue weighted by Crippen LogP contribution is -2.42. The zero-order valence-corrected chi connectivity index (χ0v) is 31.4.